The van der Waals surface area contributed by atoms with Crippen LogP contribution in [0.5, 0.6) is 0 Å². The Morgan fingerprint density at radius 2 is 1.38 bits per heavy atom. The summed E-state index contributed by atoms with van der Waals surface area (Å²) < 4.78 is 28.0. The summed E-state index contributed by atoms with van der Waals surface area (Å²) >= 11 is 0. The zero-order valence-corrected chi connectivity index (χ0v) is 12.8. The first-order valence-electron chi connectivity index (χ1n) is 5.53. The number of hydrogen-bond donors (Lipinski definition) is 0. The molecule has 4 nitrogen and oxygen atoms in total. The van der Waals surface area contributed by atoms with Crippen molar-refractivity contribution in [1.82, 2.24) is 0 Å². The summed E-state index contributed by atoms with van der Waals surface area (Å²) in [7, 11) is -2.81. The van der Waals surface area contributed by atoms with Gasteiger partial charge in [0, 0.05) is 0 Å². The van der Waals surface area contributed by atoms with Crippen molar-refractivity contribution in [3.63, 3.8) is 0 Å². The van der Waals surface area contributed by atoms with E-state index in [4.69, 9.17) is 13.6 Å². The van der Waals surface area contributed by atoms with Crippen LogP contribution in [0, 0.1) is 0 Å². The van der Waals surface area contributed by atoms with Crippen LogP contribution in [-0.2, 0) is 18.1 Å². The lowest BCUT2D eigenvalue weighted by atomic mass is 10.5. The van der Waals surface area contributed by atoms with Crippen LogP contribution in [0.25, 0.3) is 0 Å². The van der Waals surface area contributed by atoms with Crippen LogP contribution in [0.1, 0.15) is 41.5 Å². The van der Waals surface area contributed by atoms with E-state index in [2.05, 4.69) is 0 Å². The molecule has 0 heterocycles. The fraction of sp³-hybridized carbons (Fsp3) is 1.00. The fourth-order valence-corrected chi connectivity index (χ4v) is 3.94. The summed E-state index contributed by atoms with van der Waals surface area (Å²) in [6, 6.07) is 0. The molecular weight excluding hydrogens is 246 g/mol. The van der Waals surface area contributed by atoms with Gasteiger partial charge in [0.25, 0.3) is 0 Å². The molecule has 0 aliphatic rings. The molecule has 0 aromatic carbocycles. The Kier molecular flexibility index (Phi) is 8.71. The molecule has 0 bridgehead atoms. The third-order valence-electron chi connectivity index (χ3n) is 1.22. The van der Waals surface area contributed by atoms with E-state index in [1.165, 1.54) is 0 Å². The van der Waals surface area contributed by atoms with E-state index in [-0.39, 0.29) is 18.3 Å². The lowest BCUT2D eigenvalue weighted by Crippen LogP contribution is -2.06. The minimum atomic E-state index is -1.69. The second kappa shape index (κ2) is 8.49. The first-order valence-corrected chi connectivity index (χ1v) is 8.26. The Balaban J connectivity index is 4.13. The van der Waals surface area contributed by atoms with Crippen LogP contribution in [0.2, 0.25) is 0 Å². The molecule has 0 saturated heterocycles. The van der Waals surface area contributed by atoms with E-state index in [0.717, 1.165) is 0 Å². The second-order valence-corrected chi connectivity index (χ2v) is 7.36. The topological polar surface area (TPSA) is 44.8 Å². The Hall–Kier alpha value is 0.410. The highest BCUT2D eigenvalue weighted by molar-refractivity contribution is 7.61. The number of rotatable bonds is 8. The Labute approximate surface area is 101 Å². The van der Waals surface area contributed by atoms with Gasteiger partial charge >= 0.3 is 8.03 Å². The molecular formula is C10H23O4P2+. The number of hydrogen-bond acceptors (Lipinski definition) is 4. The molecule has 0 aromatic heterocycles. The zero-order valence-electron chi connectivity index (χ0n) is 11.0. The maximum Gasteiger partial charge on any atom is 0.517 e. The molecule has 0 amide bonds. The Morgan fingerprint density at radius 3 is 1.69 bits per heavy atom. The van der Waals surface area contributed by atoms with Gasteiger partial charge in [-0.3, -0.25) is 0 Å². The van der Waals surface area contributed by atoms with Gasteiger partial charge in [0.2, 0.25) is 14.3 Å². The van der Waals surface area contributed by atoms with Crippen molar-refractivity contribution in [2.24, 2.45) is 0 Å². The molecule has 1 atom stereocenters. The molecule has 0 rings (SSSR count). The van der Waals surface area contributed by atoms with E-state index >= 15 is 0 Å². The van der Waals surface area contributed by atoms with Crippen molar-refractivity contribution >= 4 is 16.4 Å². The molecule has 1 unspecified atom stereocenters. The van der Waals surface area contributed by atoms with Gasteiger partial charge in [-0.15, -0.1) is 4.52 Å². The standard InChI is InChI=1S/C10H23O4P2/c1-8(2)12-15(11)7-16(13-9(3)4)14-10(5)6/h8-10H,7H2,1-6H3/q+1. The quantitative estimate of drug-likeness (QED) is 0.617. The molecule has 6 heteroatoms. The van der Waals surface area contributed by atoms with E-state index in [1.54, 1.807) is 0 Å². The van der Waals surface area contributed by atoms with Crippen LogP contribution in [0.3, 0.4) is 0 Å². The summed E-state index contributed by atoms with van der Waals surface area (Å²) in [6.45, 7) is 11.5. The highest BCUT2D eigenvalue weighted by Gasteiger charge is 2.30. The maximum atomic E-state index is 11.6. The van der Waals surface area contributed by atoms with Crippen molar-refractivity contribution in [2.45, 2.75) is 59.9 Å². The third kappa shape index (κ3) is 9.62. The molecule has 96 valence electrons. The third-order valence-corrected chi connectivity index (χ3v) is 5.03. The first-order chi connectivity index (χ1) is 7.31. The predicted octanol–water partition coefficient (Wildman–Crippen LogP) is 4.27. The minimum absolute atomic E-state index is 0.0291. The van der Waals surface area contributed by atoms with Gasteiger partial charge in [0.05, 0.1) is 12.2 Å². The van der Waals surface area contributed by atoms with Gasteiger partial charge in [-0.2, -0.15) is 0 Å². The SMILES string of the molecule is CC(C)OP(C[P+](=O)OC(C)C)OC(C)C. The van der Waals surface area contributed by atoms with E-state index in [1.807, 2.05) is 41.5 Å². The highest BCUT2D eigenvalue weighted by Crippen LogP contribution is 2.49. The largest absolute Gasteiger partial charge is 0.517 e. The first kappa shape index (κ1) is 16.4. The van der Waals surface area contributed by atoms with Gasteiger partial charge in [-0.25, -0.2) is 0 Å². The van der Waals surface area contributed by atoms with Crippen LogP contribution in [0.15, 0.2) is 0 Å². The molecule has 0 fully saturated rings. The average Bonchev–Trinajstić information content (AvgIpc) is 1.97. The van der Waals surface area contributed by atoms with Gasteiger partial charge in [0.15, 0.2) is 0 Å². The minimum Gasteiger partial charge on any atom is -0.328 e. The highest BCUT2D eigenvalue weighted by atomic mass is 31.2. The van der Waals surface area contributed by atoms with Crippen molar-refractivity contribution in [3.05, 3.63) is 0 Å². The molecule has 0 N–H and O–H groups in total. The fourth-order valence-electron chi connectivity index (χ4n) is 0.925. The summed E-state index contributed by atoms with van der Waals surface area (Å²) in [6.07, 6.45) is 0.123. The second-order valence-electron chi connectivity index (χ2n) is 4.27. The summed E-state index contributed by atoms with van der Waals surface area (Å²) in [5.41, 5.74) is 0. The van der Waals surface area contributed by atoms with E-state index in [9.17, 15) is 4.57 Å². The van der Waals surface area contributed by atoms with Gasteiger partial charge < -0.3 is 9.05 Å². The zero-order chi connectivity index (χ0) is 12.7. The lowest BCUT2D eigenvalue weighted by Gasteiger charge is -2.17. The molecule has 0 radical (unpaired) electrons. The molecule has 16 heavy (non-hydrogen) atoms. The molecule has 0 aliphatic heterocycles. The lowest BCUT2D eigenvalue weighted by molar-refractivity contribution is 0.178. The molecule has 0 spiro atoms. The monoisotopic (exact) mass is 269 g/mol. The van der Waals surface area contributed by atoms with Crippen LogP contribution in [0.4, 0.5) is 0 Å². The van der Waals surface area contributed by atoms with Gasteiger partial charge in [0.1, 0.15) is 6.10 Å². The summed E-state index contributed by atoms with van der Waals surface area (Å²) in [5.74, 6) is 0.346. The van der Waals surface area contributed by atoms with Crippen LogP contribution < -0.4 is 0 Å². The van der Waals surface area contributed by atoms with Gasteiger partial charge in [-0.05, 0) is 46.1 Å². The molecule has 0 aliphatic carbocycles. The van der Waals surface area contributed by atoms with Crippen molar-refractivity contribution < 1.29 is 18.1 Å². The average molecular weight is 269 g/mol. The van der Waals surface area contributed by atoms with Crippen molar-refractivity contribution in [3.8, 4) is 0 Å². The summed E-state index contributed by atoms with van der Waals surface area (Å²) in [5, 5.41) is 0. The van der Waals surface area contributed by atoms with Crippen molar-refractivity contribution in [1.29, 1.82) is 0 Å². The van der Waals surface area contributed by atoms with E-state index < -0.39 is 16.4 Å². The van der Waals surface area contributed by atoms with Crippen LogP contribution in [-0.4, -0.2) is 24.2 Å². The smallest absolute Gasteiger partial charge is 0.328 e. The normalized spacial score (nSPS) is 13.2. The predicted molar refractivity (Wildman–Crippen MR) is 68.1 cm³/mol. The molecule has 0 aromatic rings. The Bertz CT molecular complexity index is 197. The maximum absolute atomic E-state index is 11.6. The Morgan fingerprint density at radius 1 is 0.938 bits per heavy atom. The van der Waals surface area contributed by atoms with Crippen LogP contribution >= 0.6 is 16.4 Å². The van der Waals surface area contributed by atoms with E-state index in [0.29, 0.717) is 5.90 Å². The summed E-state index contributed by atoms with van der Waals surface area (Å²) in [4.78, 5) is 0. The molecule has 0 saturated carbocycles. The van der Waals surface area contributed by atoms with Gasteiger partial charge in [-0.1, -0.05) is 0 Å². The van der Waals surface area contributed by atoms with Crippen molar-refractivity contribution in [2.75, 3.05) is 5.90 Å².